The Kier molecular flexibility index (Phi) is 3.24. The first kappa shape index (κ1) is 11.9. The van der Waals surface area contributed by atoms with Crippen LogP contribution in [-0.2, 0) is 9.53 Å². The zero-order chi connectivity index (χ0) is 11.8. The number of nitrogens with one attached hydrogen (secondary N) is 1. The van der Waals surface area contributed by atoms with Gasteiger partial charge in [-0.25, -0.2) is 0 Å². The van der Waals surface area contributed by atoms with Gasteiger partial charge in [0.2, 0.25) is 5.91 Å². The van der Waals surface area contributed by atoms with Crippen molar-refractivity contribution in [3.63, 3.8) is 0 Å². The molecule has 0 saturated carbocycles. The van der Waals surface area contributed by atoms with Crippen molar-refractivity contribution in [2.75, 3.05) is 13.2 Å². The van der Waals surface area contributed by atoms with Crippen molar-refractivity contribution in [3.8, 4) is 0 Å². The van der Waals surface area contributed by atoms with E-state index in [1.165, 1.54) is 0 Å². The summed E-state index contributed by atoms with van der Waals surface area (Å²) in [5.74, 6) is 1.49. The molecule has 0 bridgehead atoms. The molecule has 2 heterocycles. The summed E-state index contributed by atoms with van der Waals surface area (Å²) >= 11 is 0. The first-order valence-electron chi connectivity index (χ1n) is 6.50. The number of rotatable bonds is 2. The molecule has 0 aromatic carbocycles. The SMILES string of the molecule is CCC(C)C1C(C)C(=O)NC12CCOCC2. The van der Waals surface area contributed by atoms with Crippen LogP contribution >= 0.6 is 0 Å². The third kappa shape index (κ3) is 1.75. The molecular formula is C13H23NO2. The summed E-state index contributed by atoms with van der Waals surface area (Å²) in [6.45, 7) is 8.15. The Balaban J connectivity index is 2.24. The van der Waals surface area contributed by atoms with E-state index in [9.17, 15) is 4.79 Å². The number of ether oxygens (including phenoxy) is 1. The fourth-order valence-electron chi connectivity index (χ4n) is 3.57. The summed E-state index contributed by atoms with van der Waals surface area (Å²) in [6, 6.07) is 0. The largest absolute Gasteiger partial charge is 0.381 e. The molecule has 0 radical (unpaired) electrons. The van der Waals surface area contributed by atoms with Gasteiger partial charge in [-0.15, -0.1) is 0 Å². The van der Waals surface area contributed by atoms with Crippen LogP contribution in [0.2, 0.25) is 0 Å². The predicted molar refractivity (Wildman–Crippen MR) is 63.0 cm³/mol. The van der Waals surface area contributed by atoms with Crippen molar-refractivity contribution in [1.82, 2.24) is 5.32 Å². The summed E-state index contributed by atoms with van der Waals surface area (Å²) in [6.07, 6.45) is 3.11. The van der Waals surface area contributed by atoms with E-state index in [0.717, 1.165) is 32.5 Å². The smallest absolute Gasteiger partial charge is 0.223 e. The standard InChI is InChI=1S/C13H23NO2/c1-4-9(2)11-10(3)12(15)14-13(11)5-7-16-8-6-13/h9-11H,4-8H2,1-3H3,(H,14,15). The molecule has 3 unspecified atom stereocenters. The molecule has 92 valence electrons. The number of hydrogen-bond acceptors (Lipinski definition) is 2. The van der Waals surface area contributed by atoms with Gasteiger partial charge in [0.1, 0.15) is 0 Å². The van der Waals surface area contributed by atoms with E-state index in [-0.39, 0.29) is 17.4 Å². The van der Waals surface area contributed by atoms with Gasteiger partial charge >= 0.3 is 0 Å². The Morgan fingerprint density at radius 2 is 2.12 bits per heavy atom. The molecule has 16 heavy (non-hydrogen) atoms. The number of carbonyl (C=O) groups is 1. The molecule has 1 spiro atoms. The fraction of sp³-hybridized carbons (Fsp3) is 0.923. The van der Waals surface area contributed by atoms with Crippen LogP contribution in [0.1, 0.15) is 40.0 Å². The van der Waals surface area contributed by atoms with Gasteiger partial charge in [-0.05, 0) is 24.7 Å². The molecule has 2 rings (SSSR count). The van der Waals surface area contributed by atoms with E-state index in [4.69, 9.17) is 4.74 Å². The minimum Gasteiger partial charge on any atom is -0.381 e. The Morgan fingerprint density at radius 1 is 1.50 bits per heavy atom. The van der Waals surface area contributed by atoms with E-state index >= 15 is 0 Å². The minimum absolute atomic E-state index is 0.0319. The van der Waals surface area contributed by atoms with Crippen molar-refractivity contribution in [2.24, 2.45) is 17.8 Å². The Morgan fingerprint density at radius 3 is 2.69 bits per heavy atom. The summed E-state index contributed by atoms with van der Waals surface area (Å²) in [4.78, 5) is 11.9. The van der Waals surface area contributed by atoms with Crippen LogP contribution in [0.25, 0.3) is 0 Å². The molecular weight excluding hydrogens is 202 g/mol. The lowest BCUT2D eigenvalue weighted by atomic mass is 9.69. The van der Waals surface area contributed by atoms with Crippen LogP contribution in [0.5, 0.6) is 0 Å². The van der Waals surface area contributed by atoms with Crippen LogP contribution in [0.15, 0.2) is 0 Å². The normalized spacial score (nSPS) is 35.1. The Labute approximate surface area is 97.9 Å². The topological polar surface area (TPSA) is 38.3 Å². The average Bonchev–Trinajstić information content (AvgIpc) is 2.51. The van der Waals surface area contributed by atoms with E-state index in [2.05, 4.69) is 26.1 Å². The zero-order valence-electron chi connectivity index (χ0n) is 10.6. The molecule has 1 amide bonds. The summed E-state index contributed by atoms with van der Waals surface area (Å²) < 4.78 is 5.44. The van der Waals surface area contributed by atoms with Crippen molar-refractivity contribution in [1.29, 1.82) is 0 Å². The zero-order valence-corrected chi connectivity index (χ0v) is 10.6. The molecule has 0 aromatic heterocycles. The number of hydrogen-bond donors (Lipinski definition) is 1. The van der Waals surface area contributed by atoms with Crippen molar-refractivity contribution < 1.29 is 9.53 Å². The predicted octanol–water partition coefficient (Wildman–Crippen LogP) is 1.96. The summed E-state index contributed by atoms with van der Waals surface area (Å²) in [5, 5.41) is 3.27. The molecule has 0 aliphatic carbocycles. The molecule has 2 fully saturated rings. The van der Waals surface area contributed by atoms with Gasteiger partial charge in [-0.2, -0.15) is 0 Å². The molecule has 3 atom stereocenters. The minimum atomic E-state index is 0.0319. The van der Waals surface area contributed by atoms with Crippen LogP contribution in [0.4, 0.5) is 0 Å². The molecule has 2 aliphatic rings. The monoisotopic (exact) mass is 225 g/mol. The Bertz CT molecular complexity index is 271. The quantitative estimate of drug-likeness (QED) is 0.780. The molecule has 2 aliphatic heterocycles. The fourth-order valence-corrected chi connectivity index (χ4v) is 3.57. The van der Waals surface area contributed by atoms with Gasteiger partial charge in [-0.1, -0.05) is 27.2 Å². The van der Waals surface area contributed by atoms with Crippen LogP contribution in [0.3, 0.4) is 0 Å². The molecule has 3 heteroatoms. The maximum absolute atomic E-state index is 11.9. The van der Waals surface area contributed by atoms with Crippen LogP contribution < -0.4 is 5.32 Å². The van der Waals surface area contributed by atoms with Crippen molar-refractivity contribution in [3.05, 3.63) is 0 Å². The second-order valence-corrected chi connectivity index (χ2v) is 5.46. The highest BCUT2D eigenvalue weighted by atomic mass is 16.5. The van der Waals surface area contributed by atoms with Gasteiger partial charge in [0, 0.05) is 24.7 Å². The van der Waals surface area contributed by atoms with Gasteiger partial charge in [0.15, 0.2) is 0 Å². The Hall–Kier alpha value is -0.570. The maximum Gasteiger partial charge on any atom is 0.223 e. The molecule has 0 aromatic rings. The summed E-state index contributed by atoms with van der Waals surface area (Å²) in [7, 11) is 0. The van der Waals surface area contributed by atoms with Gasteiger partial charge in [-0.3, -0.25) is 4.79 Å². The lowest BCUT2D eigenvalue weighted by molar-refractivity contribution is -0.123. The van der Waals surface area contributed by atoms with E-state index in [0.29, 0.717) is 11.8 Å². The molecule has 2 saturated heterocycles. The molecule has 3 nitrogen and oxygen atoms in total. The number of amides is 1. The first-order chi connectivity index (χ1) is 7.60. The molecule has 1 N–H and O–H groups in total. The first-order valence-corrected chi connectivity index (χ1v) is 6.50. The average molecular weight is 225 g/mol. The third-order valence-electron chi connectivity index (χ3n) is 4.60. The van der Waals surface area contributed by atoms with Crippen molar-refractivity contribution in [2.45, 2.75) is 45.6 Å². The second kappa shape index (κ2) is 4.36. The van der Waals surface area contributed by atoms with E-state index in [1.807, 2.05) is 0 Å². The van der Waals surface area contributed by atoms with Gasteiger partial charge in [0.25, 0.3) is 0 Å². The van der Waals surface area contributed by atoms with Crippen molar-refractivity contribution >= 4 is 5.91 Å². The van der Waals surface area contributed by atoms with Crippen LogP contribution in [0, 0.1) is 17.8 Å². The summed E-state index contributed by atoms with van der Waals surface area (Å²) in [5.41, 5.74) is 0.0319. The second-order valence-electron chi connectivity index (χ2n) is 5.46. The van der Waals surface area contributed by atoms with E-state index in [1.54, 1.807) is 0 Å². The van der Waals surface area contributed by atoms with Gasteiger partial charge in [0.05, 0.1) is 0 Å². The number of carbonyl (C=O) groups excluding carboxylic acids is 1. The van der Waals surface area contributed by atoms with Gasteiger partial charge < -0.3 is 10.1 Å². The van der Waals surface area contributed by atoms with E-state index < -0.39 is 0 Å². The highest BCUT2D eigenvalue weighted by Crippen LogP contribution is 2.44. The lowest BCUT2D eigenvalue weighted by Crippen LogP contribution is -2.51. The lowest BCUT2D eigenvalue weighted by Gasteiger charge is -2.41. The highest BCUT2D eigenvalue weighted by Gasteiger charge is 2.52. The highest BCUT2D eigenvalue weighted by molar-refractivity contribution is 5.82. The maximum atomic E-state index is 11.9. The van der Waals surface area contributed by atoms with Crippen LogP contribution in [-0.4, -0.2) is 24.7 Å². The third-order valence-corrected chi connectivity index (χ3v) is 4.60.